The summed E-state index contributed by atoms with van der Waals surface area (Å²) in [5.74, 6) is -0.402. The van der Waals surface area contributed by atoms with Gasteiger partial charge in [0, 0.05) is 21.5 Å². The van der Waals surface area contributed by atoms with Gasteiger partial charge in [-0.3, -0.25) is 14.4 Å². The lowest BCUT2D eigenvalue weighted by atomic mass is 10.1. The Morgan fingerprint density at radius 1 is 0.844 bits per heavy atom. The van der Waals surface area contributed by atoms with Crippen LogP contribution in [0.5, 0.6) is 5.75 Å². The van der Waals surface area contributed by atoms with E-state index in [1.807, 2.05) is 60.8 Å². The third-order valence-corrected chi connectivity index (χ3v) is 8.65. The third kappa shape index (κ3) is 8.69. The van der Waals surface area contributed by atoms with Gasteiger partial charge in [0.15, 0.2) is 5.13 Å². The largest absolute Gasteiger partial charge is 0.497 e. The van der Waals surface area contributed by atoms with Gasteiger partial charge >= 0.3 is 0 Å². The van der Waals surface area contributed by atoms with E-state index in [-0.39, 0.29) is 11.6 Å². The number of thiazole rings is 1. The second-order valence-electron chi connectivity index (χ2n) is 9.82. The normalized spacial score (nSPS) is 11.7. The van der Waals surface area contributed by atoms with Crippen molar-refractivity contribution in [2.24, 2.45) is 0 Å². The SMILES string of the molecule is COc1ccc(/C=C(\NC(=O)c2ccccc2)C(=O)Nc2ccc(SC(C(=O)Nc3nc(C)cs3)c3ccccc3)cc2)cc1. The third-order valence-electron chi connectivity index (χ3n) is 6.51. The molecule has 10 heteroatoms. The number of carbonyl (C=O) groups is 3. The van der Waals surface area contributed by atoms with Gasteiger partial charge in [-0.15, -0.1) is 23.1 Å². The van der Waals surface area contributed by atoms with Crippen molar-refractivity contribution in [3.63, 3.8) is 0 Å². The highest BCUT2D eigenvalue weighted by Gasteiger charge is 2.23. The van der Waals surface area contributed by atoms with Crippen LogP contribution in [0.1, 0.15) is 32.4 Å². The molecule has 0 radical (unpaired) electrons. The van der Waals surface area contributed by atoms with Crippen molar-refractivity contribution in [3.05, 3.63) is 143 Å². The number of thioether (sulfide) groups is 1. The number of nitrogens with zero attached hydrogens (tertiary/aromatic N) is 1. The Labute approximate surface area is 269 Å². The second-order valence-corrected chi connectivity index (χ2v) is 11.9. The number of carbonyl (C=O) groups excluding carboxylic acids is 3. The average Bonchev–Trinajstić information content (AvgIpc) is 3.49. The molecule has 1 unspecified atom stereocenters. The van der Waals surface area contributed by atoms with Crippen LogP contribution in [0.25, 0.3) is 6.08 Å². The Kier molecular flexibility index (Phi) is 10.4. The molecule has 3 amide bonds. The number of anilines is 2. The van der Waals surface area contributed by atoms with Crippen LogP contribution in [0.4, 0.5) is 10.8 Å². The zero-order valence-corrected chi connectivity index (χ0v) is 26.2. The summed E-state index contributed by atoms with van der Waals surface area (Å²) in [7, 11) is 1.58. The molecule has 0 bridgehead atoms. The van der Waals surface area contributed by atoms with E-state index >= 15 is 0 Å². The first-order valence-corrected chi connectivity index (χ1v) is 15.7. The fraction of sp³-hybridized carbons (Fsp3) is 0.0857. The van der Waals surface area contributed by atoms with Gasteiger partial charge in [0.25, 0.3) is 11.8 Å². The molecule has 226 valence electrons. The van der Waals surface area contributed by atoms with E-state index in [0.717, 1.165) is 16.2 Å². The number of amides is 3. The Bertz CT molecular complexity index is 1790. The lowest BCUT2D eigenvalue weighted by Gasteiger charge is -2.17. The van der Waals surface area contributed by atoms with E-state index in [2.05, 4.69) is 20.9 Å². The molecule has 1 aromatic heterocycles. The molecule has 0 aliphatic rings. The first-order valence-electron chi connectivity index (χ1n) is 14.0. The molecule has 8 nitrogen and oxygen atoms in total. The van der Waals surface area contributed by atoms with Crippen molar-refractivity contribution in [1.29, 1.82) is 0 Å². The van der Waals surface area contributed by atoms with Crippen LogP contribution in [0, 0.1) is 6.92 Å². The first-order chi connectivity index (χ1) is 21.9. The van der Waals surface area contributed by atoms with Crippen LogP contribution in [0.3, 0.4) is 0 Å². The number of methoxy groups -OCH3 is 1. The monoisotopic (exact) mass is 634 g/mol. The van der Waals surface area contributed by atoms with Crippen molar-refractivity contribution < 1.29 is 19.1 Å². The summed E-state index contributed by atoms with van der Waals surface area (Å²) >= 11 is 2.78. The number of benzene rings is 4. The van der Waals surface area contributed by atoms with Crippen LogP contribution >= 0.6 is 23.1 Å². The molecule has 1 heterocycles. The minimum Gasteiger partial charge on any atom is -0.497 e. The van der Waals surface area contributed by atoms with E-state index in [1.165, 1.54) is 23.1 Å². The van der Waals surface area contributed by atoms with Gasteiger partial charge < -0.3 is 20.7 Å². The maximum absolute atomic E-state index is 13.4. The van der Waals surface area contributed by atoms with Gasteiger partial charge in [0.1, 0.15) is 16.7 Å². The van der Waals surface area contributed by atoms with Crippen molar-refractivity contribution in [2.75, 3.05) is 17.7 Å². The zero-order valence-electron chi connectivity index (χ0n) is 24.5. The highest BCUT2D eigenvalue weighted by molar-refractivity contribution is 8.00. The number of ether oxygens (including phenoxy) is 1. The van der Waals surface area contributed by atoms with Crippen molar-refractivity contribution in [2.45, 2.75) is 17.1 Å². The number of aromatic nitrogens is 1. The zero-order chi connectivity index (χ0) is 31.6. The summed E-state index contributed by atoms with van der Waals surface area (Å²) in [6, 6.07) is 32.6. The summed E-state index contributed by atoms with van der Waals surface area (Å²) in [6.45, 7) is 1.88. The molecule has 0 saturated heterocycles. The predicted molar refractivity (Wildman–Crippen MR) is 180 cm³/mol. The Balaban J connectivity index is 1.32. The fourth-order valence-electron chi connectivity index (χ4n) is 4.24. The minimum absolute atomic E-state index is 0.0747. The molecule has 5 rings (SSSR count). The van der Waals surface area contributed by atoms with E-state index in [1.54, 1.807) is 73.8 Å². The summed E-state index contributed by atoms with van der Waals surface area (Å²) in [4.78, 5) is 44.9. The standard InChI is InChI=1S/C35H30N4O4S2/c1-23-22-44-35(36-23)39-34(42)31(25-9-5-3-6-10-25)45-29-19-15-27(16-20-29)37-33(41)30(21-24-13-17-28(43-2)18-14-24)38-32(40)26-11-7-4-8-12-26/h3-22,31H,1-2H3,(H,37,41)(H,38,40)(H,36,39,42)/b30-21-. The lowest BCUT2D eigenvalue weighted by molar-refractivity contribution is -0.116. The molecule has 0 aliphatic carbocycles. The summed E-state index contributed by atoms with van der Waals surface area (Å²) in [5.41, 5.74) is 3.43. The molecule has 0 spiro atoms. The Morgan fingerprint density at radius 2 is 1.51 bits per heavy atom. The van der Waals surface area contributed by atoms with Crippen LogP contribution in [-0.4, -0.2) is 29.8 Å². The van der Waals surface area contributed by atoms with Crippen molar-refractivity contribution >= 4 is 57.7 Å². The summed E-state index contributed by atoms with van der Waals surface area (Å²) in [6.07, 6.45) is 1.60. The van der Waals surface area contributed by atoms with Gasteiger partial charge in [-0.25, -0.2) is 4.98 Å². The minimum atomic E-state index is -0.525. The van der Waals surface area contributed by atoms with Gasteiger partial charge in [0.05, 0.1) is 12.8 Å². The van der Waals surface area contributed by atoms with Gasteiger partial charge in [-0.2, -0.15) is 0 Å². The molecule has 45 heavy (non-hydrogen) atoms. The highest BCUT2D eigenvalue weighted by atomic mass is 32.2. The van der Waals surface area contributed by atoms with Crippen molar-refractivity contribution in [3.8, 4) is 5.75 Å². The van der Waals surface area contributed by atoms with Gasteiger partial charge in [0.2, 0.25) is 5.91 Å². The maximum atomic E-state index is 13.4. The lowest BCUT2D eigenvalue weighted by Crippen LogP contribution is -2.30. The molecule has 0 saturated carbocycles. The van der Waals surface area contributed by atoms with Crippen LogP contribution in [-0.2, 0) is 9.59 Å². The van der Waals surface area contributed by atoms with Crippen molar-refractivity contribution in [1.82, 2.24) is 10.3 Å². The quantitative estimate of drug-likeness (QED) is 0.104. The first kappa shape index (κ1) is 31.2. The Hall–Kier alpha value is -5.19. The smallest absolute Gasteiger partial charge is 0.272 e. The number of rotatable bonds is 11. The van der Waals surface area contributed by atoms with Gasteiger partial charge in [-0.05, 0) is 72.7 Å². The summed E-state index contributed by atoms with van der Waals surface area (Å²) in [5, 5.41) is 10.5. The average molecular weight is 635 g/mol. The van der Waals surface area contributed by atoms with Crippen LogP contribution < -0.4 is 20.7 Å². The molecule has 3 N–H and O–H groups in total. The molecular formula is C35H30N4O4S2. The van der Waals surface area contributed by atoms with Gasteiger partial charge in [-0.1, -0.05) is 60.7 Å². The second kappa shape index (κ2) is 15.0. The van der Waals surface area contributed by atoms with Crippen LogP contribution in [0.2, 0.25) is 0 Å². The number of hydrogen-bond acceptors (Lipinski definition) is 7. The van der Waals surface area contributed by atoms with E-state index in [4.69, 9.17) is 4.74 Å². The predicted octanol–water partition coefficient (Wildman–Crippen LogP) is 7.34. The molecule has 0 aliphatic heterocycles. The highest BCUT2D eigenvalue weighted by Crippen LogP contribution is 2.37. The number of nitrogens with one attached hydrogen (secondary N) is 3. The molecular weight excluding hydrogens is 605 g/mol. The molecule has 4 aromatic carbocycles. The summed E-state index contributed by atoms with van der Waals surface area (Å²) < 4.78 is 5.23. The van der Waals surface area contributed by atoms with E-state index in [9.17, 15) is 14.4 Å². The molecule has 1 atom stereocenters. The Morgan fingerprint density at radius 3 is 2.13 bits per heavy atom. The molecule has 0 fully saturated rings. The molecule has 5 aromatic rings. The maximum Gasteiger partial charge on any atom is 0.272 e. The fourth-order valence-corrected chi connectivity index (χ4v) is 5.96. The van der Waals surface area contributed by atoms with E-state index in [0.29, 0.717) is 27.7 Å². The number of aryl methyl sites for hydroxylation is 1. The van der Waals surface area contributed by atoms with E-state index < -0.39 is 17.1 Å². The van der Waals surface area contributed by atoms with Crippen LogP contribution in [0.15, 0.2) is 125 Å². The number of hydrogen-bond donors (Lipinski definition) is 3. The topological polar surface area (TPSA) is 109 Å².